The molecule has 0 saturated carbocycles. The summed E-state index contributed by atoms with van der Waals surface area (Å²) in [6.45, 7) is 0. The van der Waals surface area contributed by atoms with E-state index in [9.17, 15) is 4.39 Å². The van der Waals surface area contributed by atoms with Gasteiger partial charge in [0.1, 0.15) is 0 Å². The monoisotopic (exact) mass is 213 g/mol. The maximum absolute atomic E-state index is 12.7. The quantitative estimate of drug-likeness (QED) is 0.660. The van der Waals surface area contributed by atoms with E-state index in [0.29, 0.717) is 5.69 Å². The topological polar surface area (TPSA) is 12.9 Å². The van der Waals surface area contributed by atoms with E-state index >= 15 is 0 Å². The number of hydrogen-bond donors (Lipinski definition) is 0. The van der Waals surface area contributed by atoms with Crippen LogP contribution in [0.1, 0.15) is 0 Å². The summed E-state index contributed by atoms with van der Waals surface area (Å²) in [6.07, 6.45) is 0. The predicted octanol–water partition coefficient (Wildman–Crippen LogP) is 3.60. The Morgan fingerprint density at radius 3 is 2.77 bits per heavy atom. The molecule has 2 aromatic heterocycles. The standard InChI is InChI=1S/C9H5ClFNS/c10-9-6(11)3-4-7(12-9)8-2-1-5-13-8/h1-5H. The van der Waals surface area contributed by atoms with Gasteiger partial charge in [-0.15, -0.1) is 11.3 Å². The summed E-state index contributed by atoms with van der Waals surface area (Å²) in [6, 6.07) is 6.78. The second-order valence-corrected chi connectivity index (χ2v) is 3.75. The summed E-state index contributed by atoms with van der Waals surface area (Å²) in [5.74, 6) is -0.484. The Kier molecular flexibility index (Phi) is 2.29. The van der Waals surface area contributed by atoms with E-state index in [1.165, 1.54) is 6.07 Å². The Morgan fingerprint density at radius 2 is 2.15 bits per heavy atom. The molecule has 0 aliphatic carbocycles. The van der Waals surface area contributed by atoms with E-state index in [4.69, 9.17) is 11.6 Å². The fraction of sp³-hybridized carbons (Fsp3) is 0. The average molecular weight is 214 g/mol. The number of pyridine rings is 1. The van der Waals surface area contributed by atoms with Crippen LogP contribution in [0.2, 0.25) is 5.15 Å². The zero-order chi connectivity index (χ0) is 9.26. The summed E-state index contributed by atoms with van der Waals surface area (Å²) in [7, 11) is 0. The zero-order valence-corrected chi connectivity index (χ0v) is 8.07. The smallest absolute Gasteiger partial charge is 0.165 e. The molecular weight excluding hydrogens is 209 g/mol. The summed E-state index contributed by atoms with van der Waals surface area (Å²) < 4.78 is 12.7. The number of hydrogen-bond acceptors (Lipinski definition) is 2. The minimum Gasteiger partial charge on any atom is -0.232 e. The zero-order valence-electron chi connectivity index (χ0n) is 6.50. The Hall–Kier alpha value is -0.930. The number of aromatic nitrogens is 1. The molecule has 0 aliphatic rings. The molecule has 0 amide bonds. The highest BCUT2D eigenvalue weighted by atomic mass is 35.5. The van der Waals surface area contributed by atoms with E-state index in [2.05, 4.69) is 4.98 Å². The molecule has 0 radical (unpaired) electrons. The second kappa shape index (κ2) is 3.44. The first-order valence-corrected chi connectivity index (χ1v) is 4.89. The van der Waals surface area contributed by atoms with Crippen LogP contribution < -0.4 is 0 Å². The van der Waals surface area contributed by atoms with Gasteiger partial charge in [0.2, 0.25) is 0 Å². The molecule has 2 heterocycles. The van der Waals surface area contributed by atoms with Crippen molar-refractivity contribution in [3.8, 4) is 10.6 Å². The summed E-state index contributed by atoms with van der Waals surface area (Å²) in [5, 5.41) is 1.86. The van der Waals surface area contributed by atoms with Gasteiger partial charge in [-0.25, -0.2) is 9.37 Å². The van der Waals surface area contributed by atoms with Gasteiger partial charge in [0.15, 0.2) is 11.0 Å². The van der Waals surface area contributed by atoms with Gasteiger partial charge in [-0.2, -0.15) is 0 Å². The van der Waals surface area contributed by atoms with Crippen LogP contribution in [0.15, 0.2) is 29.6 Å². The fourth-order valence-electron chi connectivity index (χ4n) is 0.979. The van der Waals surface area contributed by atoms with E-state index in [1.54, 1.807) is 17.4 Å². The molecule has 0 fully saturated rings. The molecule has 13 heavy (non-hydrogen) atoms. The molecule has 0 unspecified atom stereocenters. The Bertz CT molecular complexity index is 414. The van der Waals surface area contributed by atoms with Crippen molar-refractivity contribution in [3.63, 3.8) is 0 Å². The molecule has 0 bridgehead atoms. The Morgan fingerprint density at radius 1 is 1.31 bits per heavy atom. The van der Waals surface area contributed by atoms with Gasteiger partial charge in [0.05, 0.1) is 10.6 Å². The lowest BCUT2D eigenvalue weighted by atomic mass is 10.3. The molecule has 2 rings (SSSR count). The van der Waals surface area contributed by atoms with Crippen molar-refractivity contribution in [3.05, 3.63) is 40.6 Å². The van der Waals surface area contributed by atoms with Crippen molar-refractivity contribution in [1.82, 2.24) is 4.98 Å². The average Bonchev–Trinajstić information content (AvgIpc) is 2.62. The summed E-state index contributed by atoms with van der Waals surface area (Å²) in [4.78, 5) is 4.90. The normalized spacial score (nSPS) is 10.3. The number of thiophene rings is 1. The van der Waals surface area contributed by atoms with Crippen LogP contribution in [0.25, 0.3) is 10.6 Å². The van der Waals surface area contributed by atoms with Crippen LogP contribution >= 0.6 is 22.9 Å². The van der Waals surface area contributed by atoms with Crippen LogP contribution in [0.4, 0.5) is 4.39 Å². The van der Waals surface area contributed by atoms with E-state index in [0.717, 1.165) is 4.88 Å². The van der Waals surface area contributed by atoms with Crippen LogP contribution in [0.5, 0.6) is 0 Å². The Balaban J connectivity index is 2.49. The lowest BCUT2D eigenvalue weighted by Gasteiger charge is -1.97. The van der Waals surface area contributed by atoms with Crippen molar-refractivity contribution in [1.29, 1.82) is 0 Å². The summed E-state index contributed by atoms with van der Waals surface area (Å²) in [5.41, 5.74) is 0.710. The van der Waals surface area contributed by atoms with Crippen molar-refractivity contribution in [2.24, 2.45) is 0 Å². The number of nitrogens with zero attached hydrogens (tertiary/aromatic N) is 1. The molecule has 0 spiro atoms. The maximum Gasteiger partial charge on any atom is 0.165 e. The molecule has 0 saturated heterocycles. The molecule has 4 heteroatoms. The van der Waals surface area contributed by atoms with Gasteiger partial charge in [-0.1, -0.05) is 17.7 Å². The maximum atomic E-state index is 12.7. The first-order valence-electron chi connectivity index (χ1n) is 3.63. The molecular formula is C9H5ClFNS. The van der Waals surface area contributed by atoms with Gasteiger partial charge in [0.25, 0.3) is 0 Å². The molecule has 2 aromatic rings. The third-order valence-corrected chi connectivity index (χ3v) is 2.73. The highest BCUT2D eigenvalue weighted by Gasteiger charge is 2.04. The first kappa shape index (κ1) is 8.66. The SMILES string of the molecule is Fc1ccc(-c2cccs2)nc1Cl. The predicted molar refractivity (Wildman–Crippen MR) is 52.5 cm³/mol. The lowest BCUT2D eigenvalue weighted by molar-refractivity contribution is 0.622. The van der Waals surface area contributed by atoms with Crippen molar-refractivity contribution in [2.75, 3.05) is 0 Å². The second-order valence-electron chi connectivity index (χ2n) is 2.45. The molecule has 0 aliphatic heterocycles. The highest BCUT2D eigenvalue weighted by Crippen LogP contribution is 2.24. The third kappa shape index (κ3) is 1.71. The molecule has 0 aromatic carbocycles. The molecule has 0 atom stereocenters. The first-order chi connectivity index (χ1) is 6.27. The highest BCUT2D eigenvalue weighted by molar-refractivity contribution is 7.13. The van der Waals surface area contributed by atoms with Crippen LogP contribution in [-0.2, 0) is 0 Å². The minimum absolute atomic E-state index is 0.0779. The Labute approximate surface area is 83.8 Å². The van der Waals surface area contributed by atoms with Crippen LogP contribution in [0.3, 0.4) is 0 Å². The van der Waals surface area contributed by atoms with Gasteiger partial charge in [0, 0.05) is 0 Å². The summed E-state index contributed by atoms with van der Waals surface area (Å²) >= 11 is 7.10. The number of rotatable bonds is 1. The van der Waals surface area contributed by atoms with Crippen LogP contribution in [-0.4, -0.2) is 4.98 Å². The minimum atomic E-state index is -0.484. The van der Waals surface area contributed by atoms with E-state index < -0.39 is 5.82 Å². The van der Waals surface area contributed by atoms with Crippen LogP contribution in [0, 0.1) is 5.82 Å². The van der Waals surface area contributed by atoms with E-state index in [1.807, 2.05) is 17.5 Å². The van der Waals surface area contributed by atoms with Crippen molar-refractivity contribution in [2.45, 2.75) is 0 Å². The number of halogens is 2. The largest absolute Gasteiger partial charge is 0.232 e. The van der Waals surface area contributed by atoms with Crippen molar-refractivity contribution >= 4 is 22.9 Å². The van der Waals surface area contributed by atoms with Crippen molar-refractivity contribution < 1.29 is 4.39 Å². The molecule has 1 nitrogen and oxygen atoms in total. The molecule has 66 valence electrons. The lowest BCUT2D eigenvalue weighted by Crippen LogP contribution is -1.84. The van der Waals surface area contributed by atoms with Gasteiger partial charge >= 0.3 is 0 Å². The fourth-order valence-corrected chi connectivity index (χ4v) is 1.83. The van der Waals surface area contributed by atoms with Gasteiger partial charge in [-0.05, 0) is 23.6 Å². The van der Waals surface area contributed by atoms with Gasteiger partial charge < -0.3 is 0 Å². The molecule has 0 N–H and O–H groups in total. The van der Waals surface area contributed by atoms with E-state index in [-0.39, 0.29) is 5.15 Å². The van der Waals surface area contributed by atoms with Gasteiger partial charge in [-0.3, -0.25) is 0 Å². The third-order valence-electron chi connectivity index (χ3n) is 1.58.